The summed E-state index contributed by atoms with van der Waals surface area (Å²) in [4.78, 5) is 0. The summed E-state index contributed by atoms with van der Waals surface area (Å²) in [6.45, 7) is 2.39. The van der Waals surface area contributed by atoms with Gasteiger partial charge in [-0.3, -0.25) is 0 Å². The van der Waals surface area contributed by atoms with Gasteiger partial charge in [-0.25, -0.2) is 0 Å². The lowest BCUT2D eigenvalue weighted by Gasteiger charge is -2.53. The highest BCUT2D eigenvalue weighted by atomic mass is 16.3. The van der Waals surface area contributed by atoms with Crippen LogP contribution in [0.1, 0.15) is 64.7 Å². The maximum absolute atomic E-state index is 10.4. The summed E-state index contributed by atoms with van der Waals surface area (Å²) in [6.07, 6.45) is 14.6. The summed E-state index contributed by atoms with van der Waals surface area (Å²) in [5.74, 6) is 3.64. The second kappa shape index (κ2) is 4.35. The van der Waals surface area contributed by atoms with E-state index in [0.717, 1.165) is 30.1 Å². The Kier molecular flexibility index (Phi) is 2.85. The third-order valence-electron chi connectivity index (χ3n) is 7.33. The van der Waals surface area contributed by atoms with E-state index in [9.17, 15) is 5.11 Å². The molecule has 0 saturated heterocycles. The van der Waals surface area contributed by atoms with E-state index in [2.05, 4.69) is 13.0 Å². The molecular formula is C18H28O. The molecule has 0 aliphatic heterocycles. The van der Waals surface area contributed by atoms with E-state index in [0.29, 0.717) is 0 Å². The van der Waals surface area contributed by atoms with Gasteiger partial charge < -0.3 is 5.11 Å². The Bertz CT molecular complexity index is 398. The van der Waals surface area contributed by atoms with Gasteiger partial charge in [-0.05, 0) is 86.9 Å². The highest BCUT2D eigenvalue weighted by Crippen LogP contribution is 2.61. The quantitative estimate of drug-likeness (QED) is 0.643. The second-order valence-corrected chi connectivity index (χ2v) is 7.93. The fraction of sp³-hybridized carbons (Fsp3) is 0.889. The summed E-state index contributed by atoms with van der Waals surface area (Å²) >= 11 is 0. The Labute approximate surface area is 117 Å². The smallest absolute Gasteiger partial charge is 0.0596 e. The summed E-state index contributed by atoms with van der Waals surface area (Å²) in [5, 5.41) is 10.4. The van der Waals surface area contributed by atoms with Crippen LogP contribution in [0, 0.1) is 29.1 Å². The lowest BCUT2D eigenvalue weighted by Crippen LogP contribution is -2.47. The molecule has 0 aromatic carbocycles. The number of allylic oxidation sites excluding steroid dienone is 2. The van der Waals surface area contributed by atoms with Gasteiger partial charge in [-0.15, -0.1) is 0 Å². The highest BCUT2D eigenvalue weighted by Gasteiger charge is 2.55. The molecule has 4 aliphatic rings. The molecule has 0 amide bonds. The third-order valence-corrected chi connectivity index (χ3v) is 7.33. The predicted molar refractivity (Wildman–Crippen MR) is 77.7 cm³/mol. The van der Waals surface area contributed by atoms with Gasteiger partial charge in [-0.2, -0.15) is 0 Å². The molecule has 0 radical (unpaired) electrons. The summed E-state index contributed by atoms with van der Waals surface area (Å²) in [5.41, 5.74) is 2.08. The molecule has 4 rings (SSSR count). The standard InChI is InChI=1S/C18H28O/c1-18-11-10-14-13-5-3-2-4-12(13)6-7-15(14)16(18)8-9-17(18)19/h4,13-17,19H,2-3,5-11H2,1H3/t13-,14-,15+,16-,17+,18+/m1/s1. The van der Waals surface area contributed by atoms with Crippen LogP contribution in [-0.4, -0.2) is 11.2 Å². The Balaban J connectivity index is 1.63. The predicted octanol–water partition coefficient (Wildman–Crippen LogP) is 4.31. The minimum Gasteiger partial charge on any atom is -0.393 e. The van der Waals surface area contributed by atoms with Crippen molar-refractivity contribution in [1.29, 1.82) is 0 Å². The molecule has 0 aromatic rings. The molecule has 3 saturated carbocycles. The summed E-state index contributed by atoms with van der Waals surface area (Å²) in [7, 11) is 0. The van der Waals surface area contributed by atoms with E-state index in [-0.39, 0.29) is 11.5 Å². The number of fused-ring (bicyclic) bond motifs is 5. The molecule has 1 nitrogen and oxygen atoms in total. The van der Waals surface area contributed by atoms with Crippen molar-refractivity contribution in [3.63, 3.8) is 0 Å². The van der Waals surface area contributed by atoms with Gasteiger partial charge in [0, 0.05) is 0 Å². The van der Waals surface area contributed by atoms with Crippen molar-refractivity contribution in [2.75, 3.05) is 0 Å². The molecule has 0 bridgehead atoms. The number of rotatable bonds is 0. The first-order valence-corrected chi connectivity index (χ1v) is 8.57. The summed E-state index contributed by atoms with van der Waals surface area (Å²) in [6, 6.07) is 0. The molecule has 0 spiro atoms. The molecule has 3 fully saturated rings. The van der Waals surface area contributed by atoms with Crippen molar-refractivity contribution < 1.29 is 5.11 Å². The highest BCUT2D eigenvalue weighted by molar-refractivity contribution is 5.18. The van der Waals surface area contributed by atoms with Crippen molar-refractivity contribution in [3.8, 4) is 0 Å². The first-order chi connectivity index (χ1) is 9.20. The van der Waals surface area contributed by atoms with Gasteiger partial charge in [0.15, 0.2) is 0 Å². The monoisotopic (exact) mass is 260 g/mol. The maximum Gasteiger partial charge on any atom is 0.0596 e. The normalized spacial score (nSPS) is 52.9. The van der Waals surface area contributed by atoms with Crippen LogP contribution in [0.3, 0.4) is 0 Å². The van der Waals surface area contributed by atoms with Crippen LogP contribution in [0.5, 0.6) is 0 Å². The van der Waals surface area contributed by atoms with Gasteiger partial charge in [0.25, 0.3) is 0 Å². The number of aliphatic hydroxyl groups excluding tert-OH is 1. The van der Waals surface area contributed by atoms with Crippen LogP contribution >= 0.6 is 0 Å². The SMILES string of the molecule is C[C@]12CC[C@H]3[C@H](CCC4=CCCC[C@H]43)[C@H]1CC[C@@H]2O. The van der Waals surface area contributed by atoms with Crippen molar-refractivity contribution in [2.24, 2.45) is 29.1 Å². The lowest BCUT2D eigenvalue weighted by molar-refractivity contribution is -0.0533. The zero-order valence-corrected chi connectivity index (χ0v) is 12.3. The minimum atomic E-state index is -0.0123. The van der Waals surface area contributed by atoms with E-state index in [1.165, 1.54) is 51.4 Å². The fourth-order valence-electron chi connectivity index (χ4n) is 6.28. The number of hydrogen-bond acceptors (Lipinski definition) is 1. The molecule has 0 heterocycles. The van der Waals surface area contributed by atoms with Gasteiger partial charge in [-0.1, -0.05) is 18.6 Å². The minimum absolute atomic E-state index is 0.0123. The van der Waals surface area contributed by atoms with Crippen molar-refractivity contribution >= 4 is 0 Å². The van der Waals surface area contributed by atoms with Crippen LogP contribution in [0.2, 0.25) is 0 Å². The maximum atomic E-state index is 10.4. The van der Waals surface area contributed by atoms with E-state index < -0.39 is 0 Å². The van der Waals surface area contributed by atoms with Gasteiger partial charge >= 0.3 is 0 Å². The second-order valence-electron chi connectivity index (χ2n) is 7.93. The molecule has 1 N–H and O–H groups in total. The molecule has 4 aliphatic carbocycles. The molecule has 1 heteroatoms. The Hall–Kier alpha value is -0.300. The van der Waals surface area contributed by atoms with E-state index in [1.54, 1.807) is 0 Å². The van der Waals surface area contributed by atoms with Crippen molar-refractivity contribution in [3.05, 3.63) is 11.6 Å². The molecule has 19 heavy (non-hydrogen) atoms. The largest absolute Gasteiger partial charge is 0.393 e. The number of hydrogen-bond donors (Lipinski definition) is 1. The fourth-order valence-corrected chi connectivity index (χ4v) is 6.28. The topological polar surface area (TPSA) is 20.2 Å². The Morgan fingerprint density at radius 1 is 1.11 bits per heavy atom. The van der Waals surface area contributed by atoms with Crippen LogP contribution in [0.4, 0.5) is 0 Å². The number of aliphatic hydroxyl groups is 1. The van der Waals surface area contributed by atoms with Crippen molar-refractivity contribution in [1.82, 2.24) is 0 Å². The van der Waals surface area contributed by atoms with E-state index in [1.807, 2.05) is 5.57 Å². The van der Waals surface area contributed by atoms with E-state index in [4.69, 9.17) is 0 Å². The van der Waals surface area contributed by atoms with E-state index >= 15 is 0 Å². The molecule has 6 atom stereocenters. The molecule has 0 unspecified atom stereocenters. The van der Waals surface area contributed by atoms with Crippen LogP contribution < -0.4 is 0 Å². The first-order valence-electron chi connectivity index (χ1n) is 8.57. The zero-order valence-electron chi connectivity index (χ0n) is 12.3. The Morgan fingerprint density at radius 2 is 2.00 bits per heavy atom. The molecule has 106 valence electrons. The average molecular weight is 260 g/mol. The first kappa shape index (κ1) is 12.4. The van der Waals surface area contributed by atoms with Crippen LogP contribution in [-0.2, 0) is 0 Å². The van der Waals surface area contributed by atoms with Gasteiger partial charge in [0.2, 0.25) is 0 Å². The third kappa shape index (κ3) is 1.70. The van der Waals surface area contributed by atoms with Crippen LogP contribution in [0.25, 0.3) is 0 Å². The van der Waals surface area contributed by atoms with Gasteiger partial charge in [0.05, 0.1) is 6.10 Å². The summed E-state index contributed by atoms with van der Waals surface area (Å²) < 4.78 is 0. The van der Waals surface area contributed by atoms with Crippen LogP contribution in [0.15, 0.2) is 11.6 Å². The van der Waals surface area contributed by atoms with Crippen molar-refractivity contribution in [2.45, 2.75) is 70.8 Å². The molecule has 0 aromatic heterocycles. The average Bonchev–Trinajstić information content (AvgIpc) is 2.75. The zero-order chi connectivity index (χ0) is 13.0. The van der Waals surface area contributed by atoms with Gasteiger partial charge in [0.1, 0.15) is 0 Å². The molecular weight excluding hydrogens is 232 g/mol. The Morgan fingerprint density at radius 3 is 2.89 bits per heavy atom. The lowest BCUT2D eigenvalue weighted by atomic mass is 9.52.